The molecule has 0 saturated heterocycles. The molecule has 4 nitrogen and oxygen atoms in total. The zero-order valence-electron chi connectivity index (χ0n) is 12.3. The summed E-state index contributed by atoms with van der Waals surface area (Å²) in [6.45, 7) is 1.01. The summed E-state index contributed by atoms with van der Waals surface area (Å²) < 4.78 is 1.73. The average molecular weight is 440 g/mol. The molecule has 0 aliphatic carbocycles. The summed E-state index contributed by atoms with van der Waals surface area (Å²) in [6, 6.07) is 14.4. The van der Waals surface area contributed by atoms with Crippen LogP contribution in [0, 0.1) is 0 Å². The zero-order chi connectivity index (χ0) is 16.7. The molecule has 0 heterocycles. The molecule has 2 amide bonds. The van der Waals surface area contributed by atoms with Gasteiger partial charge in [-0.25, -0.2) is 0 Å². The van der Waals surface area contributed by atoms with E-state index >= 15 is 0 Å². The predicted octanol–water partition coefficient (Wildman–Crippen LogP) is 3.76. The Bertz CT molecular complexity index is 645. The van der Waals surface area contributed by atoms with Crippen molar-refractivity contribution in [2.45, 2.75) is 6.42 Å². The van der Waals surface area contributed by atoms with E-state index in [1.165, 1.54) is 0 Å². The van der Waals surface area contributed by atoms with Crippen LogP contribution in [-0.2, 0) is 0 Å². The highest BCUT2D eigenvalue weighted by Crippen LogP contribution is 2.12. The van der Waals surface area contributed by atoms with Crippen LogP contribution in [0.5, 0.6) is 0 Å². The fourth-order valence-corrected chi connectivity index (χ4v) is 2.75. The van der Waals surface area contributed by atoms with Crippen molar-refractivity contribution in [1.29, 1.82) is 0 Å². The van der Waals surface area contributed by atoms with Gasteiger partial charge in [0.25, 0.3) is 11.8 Å². The Morgan fingerprint density at radius 3 is 1.61 bits per heavy atom. The van der Waals surface area contributed by atoms with Crippen LogP contribution in [0.15, 0.2) is 57.5 Å². The van der Waals surface area contributed by atoms with Gasteiger partial charge in [-0.1, -0.05) is 44.0 Å². The van der Waals surface area contributed by atoms with Crippen molar-refractivity contribution in [2.24, 2.45) is 0 Å². The molecule has 0 saturated carbocycles. The minimum absolute atomic E-state index is 0.121. The highest BCUT2D eigenvalue weighted by molar-refractivity contribution is 9.10. The number of halogens is 2. The molecular weight excluding hydrogens is 424 g/mol. The molecular formula is C17H16Br2N2O2. The van der Waals surface area contributed by atoms with Crippen LogP contribution in [0.3, 0.4) is 0 Å². The quantitative estimate of drug-likeness (QED) is 0.673. The molecule has 6 heteroatoms. The average Bonchev–Trinajstić information content (AvgIpc) is 2.54. The lowest BCUT2D eigenvalue weighted by Gasteiger charge is -2.07. The number of amides is 2. The molecule has 0 unspecified atom stereocenters. The number of benzene rings is 2. The second-order valence-electron chi connectivity index (χ2n) is 4.89. The smallest absolute Gasteiger partial charge is 0.251 e. The maximum atomic E-state index is 11.9. The van der Waals surface area contributed by atoms with E-state index in [4.69, 9.17) is 0 Å². The Morgan fingerprint density at radius 2 is 1.22 bits per heavy atom. The number of hydrogen-bond donors (Lipinski definition) is 2. The summed E-state index contributed by atoms with van der Waals surface area (Å²) in [4.78, 5) is 23.9. The van der Waals surface area contributed by atoms with Gasteiger partial charge in [-0.2, -0.15) is 0 Å². The first-order valence-electron chi connectivity index (χ1n) is 7.14. The van der Waals surface area contributed by atoms with Gasteiger partial charge in [0.1, 0.15) is 0 Å². The van der Waals surface area contributed by atoms with E-state index in [1.54, 1.807) is 24.3 Å². The van der Waals surface area contributed by atoms with Gasteiger partial charge in [0.2, 0.25) is 0 Å². The second kappa shape index (κ2) is 8.84. The van der Waals surface area contributed by atoms with E-state index in [9.17, 15) is 9.59 Å². The first-order chi connectivity index (χ1) is 11.1. The molecule has 0 spiro atoms. The summed E-state index contributed by atoms with van der Waals surface area (Å²) in [5.41, 5.74) is 1.22. The van der Waals surface area contributed by atoms with Crippen molar-refractivity contribution in [2.75, 3.05) is 13.1 Å². The van der Waals surface area contributed by atoms with Gasteiger partial charge < -0.3 is 10.6 Å². The minimum atomic E-state index is -0.121. The van der Waals surface area contributed by atoms with Crippen molar-refractivity contribution in [3.05, 3.63) is 68.6 Å². The largest absolute Gasteiger partial charge is 0.352 e. The van der Waals surface area contributed by atoms with E-state index in [2.05, 4.69) is 42.5 Å². The summed E-state index contributed by atoms with van der Waals surface area (Å²) in [5.74, 6) is -0.241. The Labute approximate surface area is 151 Å². The molecule has 2 rings (SSSR count). The number of nitrogens with one attached hydrogen (secondary N) is 2. The van der Waals surface area contributed by atoms with Crippen molar-refractivity contribution in [1.82, 2.24) is 10.6 Å². The Balaban J connectivity index is 1.69. The highest BCUT2D eigenvalue weighted by atomic mass is 79.9. The van der Waals surface area contributed by atoms with E-state index in [1.807, 2.05) is 24.3 Å². The van der Waals surface area contributed by atoms with Gasteiger partial charge in [0, 0.05) is 33.2 Å². The third-order valence-corrected chi connectivity index (χ3v) is 4.08. The van der Waals surface area contributed by atoms with E-state index < -0.39 is 0 Å². The molecule has 2 N–H and O–H groups in total. The van der Waals surface area contributed by atoms with Crippen LogP contribution in [0.2, 0.25) is 0 Å². The van der Waals surface area contributed by atoms with Crippen molar-refractivity contribution < 1.29 is 9.59 Å². The van der Waals surface area contributed by atoms with Crippen LogP contribution < -0.4 is 10.6 Å². The SMILES string of the molecule is O=C(NCCCNC(=O)c1cccc(Br)c1)c1cccc(Br)c1. The fourth-order valence-electron chi connectivity index (χ4n) is 1.96. The zero-order valence-corrected chi connectivity index (χ0v) is 15.5. The molecule has 23 heavy (non-hydrogen) atoms. The lowest BCUT2D eigenvalue weighted by Crippen LogP contribution is -2.29. The van der Waals surface area contributed by atoms with Gasteiger partial charge >= 0.3 is 0 Å². The fraction of sp³-hybridized carbons (Fsp3) is 0.176. The van der Waals surface area contributed by atoms with Crippen LogP contribution in [0.4, 0.5) is 0 Å². The van der Waals surface area contributed by atoms with E-state index in [0.717, 1.165) is 8.95 Å². The van der Waals surface area contributed by atoms with Gasteiger partial charge in [-0.3, -0.25) is 9.59 Å². The Morgan fingerprint density at radius 1 is 0.783 bits per heavy atom. The lowest BCUT2D eigenvalue weighted by atomic mass is 10.2. The first kappa shape index (κ1) is 17.7. The van der Waals surface area contributed by atoms with Gasteiger partial charge in [0.05, 0.1) is 0 Å². The van der Waals surface area contributed by atoms with Crippen LogP contribution >= 0.6 is 31.9 Å². The third-order valence-electron chi connectivity index (χ3n) is 3.10. The summed E-state index contributed by atoms with van der Waals surface area (Å²) in [6.07, 6.45) is 0.666. The maximum Gasteiger partial charge on any atom is 0.251 e. The van der Waals surface area contributed by atoms with Crippen LogP contribution in [0.1, 0.15) is 27.1 Å². The van der Waals surface area contributed by atoms with Gasteiger partial charge in [0.15, 0.2) is 0 Å². The lowest BCUT2D eigenvalue weighted by molar-refractivity contribution is 0.0951. The number of hydrogen-bond acceptors (Lipinski definition) is 2. The van der Waals surface area contributed by atoms with Crippen molar-refractivity contribution >= 4 is 43.7 Å². The number of carbonyl (C=O) groups excluding carboxylic acids is 2. The molecule has 0 radical (unpaired) electrons. The van der Waals surface area contributed by atoms with Gasteiger partial charge in [-0.05, 0) is 42.8 Å². The molecule has 120 valence electrons. The highest BCUT2D eigenvalue weighted by Gasteiger charge is 2.06. The monoisotopic (exact) mass is 438 g/mol. The Hall–Kier alpha value is -1.66. The molecule has 0 aliphatic rings. The summed E-state index contributed by atoms with van der Waals surface area (Å²) >= 11 is 6.67. The molecule has 0 bridgehead atoms. The maximum absolute atomic E-state index is 11.9. The summed E-state index contributed by atoms with van der Waals surface area (Å²) in [5, 5.41) is 5.66. The molecule has 0 atom stereocenters. The standard InChI is InChI=1S/C17H16Br2N2O2/c18-14-6-1-4-12(10-14)16(22)20-8-3-9-21-17(23)13-5-2-7-15(19)11-13/h1-2,4-7,10-11H,3,8-9H2,(H,20,22)(H,21,23). The topological polar surface area (TPSA) is 58.2 Å². The van der Waals surface area contributed by atoms with Crippen LogP contribution in [-0.4, -0.2) is 24.9 Å². The normalized spacial score (nSPS) is 10.2. The minimum Gasteiger partial charge on any atom is -0.352 e. The summed E-state index contributed by atoms with van der Waals surface area (Å²) in [7, 11) is 0. The molecule has 0 fully saturated rings. The molecule has 0 aromatic heterocycles. The molecule has 2 aromatic rings. The number of rotatable bonds is 6. The van der Waals surface area contributed by atoms with E-state index in [0.29, 0.717) is 30.6 Å². The third kappa shape index (κ3) is 5.80. The van der Waals surface area contributed by atoms with Crippen molar-refractivity contribution in [3.8, 4) is 0 Å². The van der Waals surface area contributed by atoms with Crippen LogP contribution in [0.25, 0.3) is 0 Å². The van der Waals surface area contributed by atoms with Crippen molar-refractivity contribution in [3.63, 3.8) is 0 Å². The Kier molecular flexibility index (Phi) is 6.80. The van der Waals surface area contributed by atoms with Gasteiger partial charge in [-0.15, -0.1) is 0 Å². The molecule has 2 aromatic carbocycles. The number of carbonyl (C=O) groups is 2. The predicted molar refractivity (Wildman–Crippen MR) is 97.6 cm³/mol. The molecule has 0 aliphatic heterocycles. The second-order valence-corrected chi connectivity index (χ2v) is 6.72. The first-order valence-corrected chi connectivity index (χ1v) is 8.72. The van der Waals surface area contributed by atoms with E-state index in [-0.39, 0.29) is 11.8 Å².